The number of fused-ring (bicyclic) bond motifs is 3. The number of carbonyl (C=O) groups excluding carboxylic acids is 1. The molecule has 172 valence electrons. The monoisotopic (exact) mass is 456 g/mol. The van der Waals surface area contributed by atoms with E-state index < -0.39 is 11.6 Å². The summed E-state index contributed by atoms with van der Waals surface area (Å²) in [5, 5.41) is 12.2. The third kappa shape index (κ3) is 3.74. The molecule has 1 aliphatic heterocycles. The molecule has 0 bridgehead atoms. The highest BCUT2D eigenvalue weighted by atomic mass is 19.1. The van der Waals surface area contributed by atoms with Crippen LogP contribution in [-0.4, -0.2) is 52.7 Å². The zero-order valence-electron chi connectivity index (χ0n) is 18.1. The molecule has 0 spiro atoms. The van der Waals surface area contributed by atoms with Crippen molar-refractivity contribution in [2.75, 3.05) is 5.73 Å². The standard InChI is InChI=1S/C21H22F2N8O2/c1-10-6-7-13(30(10)20(32)19-28-27-11(2)33-19)4-3-5-16-25-18-14-8-12(22)9-15(23)17(14)26-21(24)31(18)29-16/h8-10,13H,3-7H2,1-2H3,(H2,24,26). The maximum Gasteiger partial charge on any atom is 0.311 e. The number of aromatic nitrogens is 6. The van der Waals surface area contributed by atoms with Gasteiger partial charge in [-0.2, -0.15) is 4.52 Å². The van der Waals surface area contributed by atoms with Crippen LogP contribution in [0.3, 0.4) is 0 Å². The number of nitrogens with two attached hydrogens (primary N) is 1. The summed E-state index contributed by atoms with van der Waals surface area (Å²) in [5.74, 6) is -0.987. The van der Waals surface area contributed by atoms with E-state index in [1.54, 1.807) is 6.92 Å². The molecule has 0 saturated carbocycles. The summed E-state index contributed by atoms with van der Waals surface area (Å²) in [6, 6.07) is 2.03. The molecule has 33 heavy (non-hydrogen) atoms. The first-order chi connectivity index (χ1) is 15.8. The summed E-state index contributed by atoms with van der Waals surface area (Å²) in [4.78, 5) is 23.1. The second-order valence-corrected chi connectivity index (χ2v) is 8.33. The lowest BCUT2D eigenvalue weighted by Crippen LogP contribution is -2.40. The fraction of sp³-hybridized carbons (Fsp3) is 0.429. The maximum atomic E-state index is 14.1. The third-order valence-corrected chi connectivity index (χ3v) is 6.03. The minimum atomic E-state index is -0.805. The molecular weight excluding hydrogens is 434 g/mol. The van der Waals surface area contributed by atoms with Crippen molar-refractivity contribution in [3.05, 3.63) is 41.4 Å². The Morgan fingerprint density at radius 3 is 2.82 bits per heavy atom. The van der Waals surface area contributed by atoms with Crippen molar-refractivity contribution in [2.45, 2.75) is 58.0 Å². The van der Waals surface area contributed by atoms with Gasteiger partial charge in [0.2, 0.25) is 11.8 Å². The summed E-state index contributed by atoms with van der Waals surface area (Å²) in [6.45, 7) is 3.65. The topological polar surface area (TPSA) is 128 Å². The molecule has 2 unspecified atom stereocenters. The Morgan fingerprint density at radius 2 is 2.06 bits per heavy atom. The minimum absolute atomic E-state index is 0.00239. The largest absolute Gasteiger partial charge is 0.417 e. The molecule has 2 atom stereocenters. The number of nitrogen functional groups attached to an aromatic ring is 1. The predicted octanol–water partition coefficient (Wildman–Crippen LogP) is 2.85. The lowest BCUT2D eigenvalue weighted by molar-refractivity contribution is 0.0628. The number of rotatable bonds is 5. The smallest absolute Gasteiger partial charge is 0.311 e. The SMILES string of the molecule is Cc1nnc(C(=O)N2C(C)CCC2CCCc2nc3c4cc(F)cc(F)c4nc(N)n3n2)o1. The van der Waals surface area contributed by atoms with Crippen LogP contribution in [0.15, 0.2) is 16.5 Å². The Balaban J connectivity index is 1.33. The molecule has 1 amide bonds. The van der Waals surface area contributed by atoms with E-state index in [0.717, 1.165) is 25.3 Å². The van der Waals surface area contributed by atoms with Gasteiger partial charge in [-0.05, 0) is 38.7 Å². The lowest BCUT2D eigenvalue weighted by atomic mass is 10.1. The van der Waals surface area contributed by atoms with Gasteiger partial charge in [0, 0.05) is 31.5 Å². The highest BCUT2D eigenvalue weighted by molar-refractivity contribution is 5.92. The van der Waals surface area contributed by atoms with Crippen molar-refractivity contribution >= 4 is 28.4 Å². The summed E-state index contributed by atoms with van der Waals surface area (Å²) < 4.78 is 34.5. The number of aryl methyl sites for hydroxylation is 2. The number of carbonyl (C=O) groups is 1. The van der Waals surface area contributed by atoms with Crippen LogP contribution in [0.4, 0.5) is 14.7 Å². The number of amides is 1. The molecule has 12 heteroatoms. The normalized spacial score (nSPS) is 18.6. The van der Waals surface area contributed by atoms with Crippen LogP contribution in [-0.2, 0) is 6.42 Å². The summed E-state index contributed by atoms with van der Waals surface area (Å²) in [5.41, 5.74) is 6.12. The van der Waals surface area contributed by atoms with Gasteiger partial charge in [-0.25, -0.2) is 18.7 Å². The molecule has 4 aromatic rings. The van der Waals surface area contributed by atoms with Crippen molar-refractivity contribution in [2.24, 2.45) is 0 Å². The van der Waals surface area contributed by atoms with E-state index >= 15 is 0 Å². The predicted molar refractivity (Wildman–Crippen MR) is 113 cm³/mol. The fourth-order valence-corrected chi connectivity index (χ4v) is 4.52. The summed E-state index contributed by atoms with van der Waals surface area (Å²) in [7, 11) is 0. The second-order valence-electron chi connectivity index (χ2n) is 8.33. The third-order valence-electron chi connectivity index (χ3n) is 6.03. The van der Waals surface area contributed by atoms with Gasteiger partial charge in [0.05, 0.1) is 5.39 Å². The van der Waals surface area contributed by atoms with Crippen LogP contribution in [0, 0.1) is 18.6 Å². The Kier molecular flexibility index (Phi) is 5.14. The van der Waals surface area contributed by atoms with E-state index in [1.165, 1.54) is 10.6 Å². The molecule has 0 aliphatic carbocycles. The van der Waals surface area contributed by atoms with E-state index in [2.05, 4.69) is 25.3 Å². The number of benzene rings is 1. The van der Waals surface area contributed by atoms with Crippen LogP contribution in [0.1, 0.15) is 55.0 Å². The molecule has 4 heterocycles. The first kappa shape index (κ1) is 21.2. The summed E-state index contributed by atoms with van der Waals surface area (Å²) in [6.07, 6.45) is 3.71. The maximum absolute atomic E-state index is 14.1. The van der Waals surface area contributed by atoms with Crippen molar-refractivity contribution in [1.29, 1.82) is 0 Å². The van der Waals surface area contributed by atoms with Gasteiger partial charge in [-0.15, -0.1) is 15.3 Å². The Hall–Kier alpha value is -3.70. The van der Waals surface area contributed by atoms with Gasteiger partial charge in [0.15, 0.2) is 17.3 Å². The van der Waals surface area contributed by atoms with Crippen molar-refractivity contribution in [3.63, 3.8) is 0 Å². The second kappa shape index (κ2) is 8.01. The van der Waals surface area contributed by atoms with E-state index in [4.69, 9.17) is 10.2 Å². The van der Waals surface area contributed by atoms with Crippen LogP contribution in [0.25, 0.3) is 16.6 Å². The first-order valence-electron chi connectivity index (χ1n) is 10.7. The molecule has 1 fully saturated rings. The van der Waals surface area contributed by atoms with E-state index in [-0.39, 0.29) is 46.4 Å². The first-order valence-corrected chi connectivity index (χ1v) is 10.7. The average Bonchev–Trinajstić information content (AvgIpc) is 3.48. The summed E-state index contributed by atoms with van der Waals surface area (Å²) >= 11 is 0. The molecule has 0 radical (unpaired) electrons. The van der Waals surface area contributed by atoms with E-state index in [1.807, 2.05) is 11.8 Å². The van der Waals surface area contributed by atoms with Gasteiger partial charge in [0.1, 0.15) is 11.3 Å². The molecule has 1 aliphatic rings. The fourth-order valence-electron chi connectivity index (χ4n) is 4.52. The van der Waals surface area contributed by atoms with Crippen molar-refractivity contribution in [1.82, 2.24) is 34.7 Å². The van der Waals surface area contributed by atoms with Gasteiger partial charge >= 0.3 is 11.8 Å². The zero-order chi connectivity index (χ0) is 23.3. The quantitative estimate of drug-likeness (QED) is 0.485. The molecule has 10 nitrogen and oxygen atoms in total. The number of hydrogen-bond donors (Lipinski definition) is 1. The van der Waals surface area contributed by atoms with Gasteiger partial charge in [0.25, 0.3) is 0 Å². The van der Waals surface area contributed by atoms with Crippen LogP contribution < -0.4 is 5.73 Å². The van der Waals surface area contributed by atoms with Crippen LogP contribution in [0.2, 0.25) is 0 Å². The van der Waals surface area contributed by atoms with Crippen LogP contribution in [0.5, 0.6) is 0 Å². The number of anilines is 1. The molecular formula is C21H22F2N8O2. The highest BCUT2D eigenvalue weighted by Gasteiger charge is 2.36. The number of halogens is 2. The molecule has 2 N–H and O–H groups in total. The number of hydrogen-bond acceptors (Lipinski definition) is 8. The Labute approximate surface area is 186 Å². The lowest BCUT2D eigenvalue weighted by Gasteiger charge is -2.27. The van der Waals surface area contributed by atoms with E-state index in [9.17, 15) is 13.6 Å². The number of nitrogens with zero attached hydrogens (tertiary/aromatic N) is 7. The molecule has 5 rings (SSSR count). The minimum Gasteiger partial charge on any atom is -0.417 e. The number of likely N-dealkylation sites (tertiary alicyclic amines) is 1. The molecule has 1 aromatic carbocycles. The van der Waals surface area contributed by atoms with Crippen molar-refractivity contribution < 1.29 is 18.0 Å². The van der Waals surface area contributed by atoms with Gasteiger partial charge in [-0.1, -0.05) is 0 Å². The van der Waals surface area contributed by atoms with Crippen LogP contribution >= 0.6 is 0 Å². The van der Waals surface area contributed by atoms with Crippen molar-refractivity contribution in [3.8, 4) is 0 Å². The molecule has 3 aromatic heterocycles. The highest BCUT2D eigenvalue weighted by Crippen LogP contribution is 2.29. The average molecular weight is 456 g/mol. The van der Waals surface area contributed by atoms with Gasteiger partial charge in [-0.3, -0.25) is 4.79 Å². The molecule has 1 saturated heterocycles. The Bertz CT molecular complexity index is 1370. The van der Waals surface area contributed by atoms with Gasteiger partial charge < -0.3 is 15.1 Å². The zero-order valence-corrected chi connectivity index (χ0v) is 18.1. The Morgan fingerprint density at radius 1 is 1.24 bits per heavy atom. The van der Waals surface area contributed by atoms with E-state index in [0.29, 0.717) is 24.6 Å².